The smallest absolute Gasteiger partial charge is 0.253 e. The monoisotopic (exact) mass is 444 g/mol. The second-order valence-corrected chi connectivity index (χ2v) is 7.62. The number of hydrogen-bond acceptors (Lipinski definition) is 6. The number of tetrazole rings is 1. The van der Waals surface area contributed by atoms with Crippen molar-refractivity contribution in [2.45, 2.75) is 19.0 Å². The molecule has 1 N–H and O–H groups in total. The summed E-state index contributed by atoms with van der Waals surface area (Å²) in [6.45, 7) is 5.19. The first-order valence-electron chi connectivity index (χ1n) is 9.38. The fraction of sp³-hybridized carbons (Fsp3) is 0.250. The Morgan fingerprint density at radius 2 is 1.73 bits per heavy atom. The average molecular weight is 445 g/mol. The van der Waals surface area contributed by atoms with Crippen LogP contribution in [-0.4, -0.2) is 55.8 Å². The van der Waals surface area contributed by atoms with E-state index in [-0.39, 0.29) is 17.6 Å². The van der Waals surface area contributed by atoms with Gasteiger partial charge in [0.2, 0.25) is 11.1 Å². The topological polar surface area (TPSA) is 93.0 Å². The van der Waals surface area contributed by atoms with Crippen molar-refractivity contribution in [3.8, 4) is 5.69 Å². The van der Waals surface area contributed by atoms with E-state index < -0.39 is 0 Å². The fourth-order valence-electron chi connectivity index (χ4n) is 2.73. The van der Waals surface area contributed by atoms with Crippen molar-refractivity contribution in [2.75, 3.05) is 24.2 Å². The summed E-state index contributed by atoms with van der Waals surface area (Å²) in [7, 11) is 0. The first-order chi connectivity index (χ1) is 14.5. The average Bonchev–Trinajstić information content (AvgIpc) is 3.23. The summed E-state index contributed by atoms with van der Waals surface area (Å²) in [4.78, 5) is 26.4. The van der Waals surface area contributed by atoms with Crippen molar-refractivity contribution in [1.29, 1.82) is 0 Å². The summed E-state index contributed by atoms with van der Waals surface area (Å²) in [6, 6.07) is 13.9. The summed E-state index contributed by atoms with van der Waals surface area (Å²) in [5.41, 5.74) is 1.96. The molecule has 2 aromatic carbocycles. The maximum Gasteiger partial charge on any atom is 0.253 e. The molecule has 0 radical (unpaired) electrons. The van der Waals surface area contributed by atoms with Gasteiger partial charge in [-0.05, 0) is 72.8 Å². The first kappa shape index (κ1) is 21.8. The number of nitrogens with zero attached hydrogens (tertiary/aromatic N) is 5. The normalized spacial score (nSPS) is 10.6. The molecule has 0 fully saturated rings. The third-order valence-electron chi connectivity index (χ3n) is 4.31. The number of hydrogen-bond donors (Lipinski definition) is 1. The Hall–Kier alpha value is -2.91. The van der Waals surface area contributed by atoms with Crippen LogP contribution in [0.1, 0.15) is 24.2 Å². The van der Waals surface area contributed by atoms with Gasteiger partial charge in [0.25, 0.3) is 5.91 Å². The number of thioether (sulfide) groups is 1. The van der Waals surface area contributed by atoms with Crippen LogP contribution in [0.3, 0.4) is 0 Å². The molecule has 0 aliphatic carbocycles. The maximum absolute atomic E-state index is 12.3. The molecule has 0 atom stereocenters. The molecule has 0 bridgehead atoms. The van der Waals surface area contributed by atoms with Crippen LogP contribution in [0.4, 0.5) is 5.69 Å². The van der Waals surface area contributed by atoms with Crippen LogP contribution in [0.2, 0.25) is 5.02 Å². The van der Waals surface area contributed by atoms with Gasteiger partial charge in [-0.25, -0.2) is 0 Å². The standard InChI is InChI=1S/C20H21ClN6O2S/c1-3-26(4-2)19(29)14-5-9-16(10-6-14)22-18(28)13-30-20-23-24-25-27(20)17-11-7-15(21)8-12-17/h5-12H,3-4,13H2,1-2H3,(H,22,28). The van der Waals surface area contributed by atoms with Crippen LogP contribution in [0, 0.1) is 0 Å². The van der Waals surface area contributed by atoms with Crippen LogP contribution in [0.25, 0.3) is 5.69 Å². The molecule has 0 aliphatic rings. The van der Waals surface area contributed by atoms with Gasteiger partial charge >= 0.3 is 0 Å². The Bertz CT molecular complexity index is 1000. The molecule has 1 heterocycles. The van der Waals surface area contributed by atoms with Gasteiger partial charge in [-0.15, -0.1) is 5.10 Å². The van der Waals surface area contributed by atoms with Crippen molar-refractivity contribution in [3.63, 3.8) is 0 Å². The Morgan fingerprint density at radius 3 is 2.37 bits per heavy atom. The van der Waals surface area contributed by atoms with Gasteiger partial charge in [-0.1, -0.05) is 23.4 Å². The number of halogens is 1. The quantitative estimate of drug-likeness (QED) is 0.534. The van der Waals surface area contributed by atoms with Gasteiger partial charge < -0.3 is 10.2 Å². The molecule has 0 unspecified atom stereocenters. The summed E-state index contributed by atoms with van der Waals surface area (Å²) >= 11 is 7.13. The van der Waals surface area contributed by atoms with Crippen LogP contribution in [-0.2, 0) is 4.79 Å². The number of carbonyl (C=O) groups excluding carboxylic acids is 2. The van der Waals surface area contributed by atoms with Gasteiger partial charge in [0.05, 0.1) is 11.4 Å². The molecular weight excluding hydrogens is 424 g/mol. The fourth-order valence-corrected chi connectivity index (χ4v) is 3.55. The molecule has 10 heteroatoms. The number of anilines is 1. The summed E-state index contributed by atoms with van der Waals surface area (Å²) in [5, 5.41) is 15.5. The number of rotatable bonds is 8. The van der Waals surface area contributed by atoms with Gasteiger partial charge in [0.1, 0.15) is 0 Å². The van der Waals surface area contributed by atoms with E-state index in [1.54, 1.807) is 58.1 Å². The Balaban J connectivity index is 1.57. The van der Waals surface area contributed by atoms with Gasteiger partial charge in [-0.3, -0.25) is 9.59 Å². The highest BCUT2D eigenvalue weighted by Gasteiger charge is 2.14. The lowest BCUT2D eigenvalue weighted by atomic mass is 10.2. The minimum absolute atomic E-state index is 0.0255. The van der Waals surface area contributed by atoms with E-state index in [1.807, 2.05) is 13.8 Å². The Kier molecular flexibility index (Phi) is 7.42. The molecule has 1 aromatic heterocycles. The van der Waals surface area contributed by atoms with Crippen molar-refractivity contribution >= 4 is 40.9 Å². The van der Waals surface area contributed by atoms with E-state index in [4.69, 9.17) is 11.6 Å². The van der Waals surface area contributed by atoms with Crippen molar-refractivity contribution in [3.05, 3.63) is 59.1 Å². The molecule has 8 nitrogen and oxygen atoms in total. The first-order valence-corrected chi connectivity index (χ1v) is 10.7. The second kappa shape index (κ2) is 10.2. The molecule has 0 saturated carbocycles. The van der Waals surface area contributed by atoms with Crippen molar-refractivity contribution < 1.29 is 9.59 Å². The third-order valence-corrected chi connectivity index (χ3v) is 5.48. The molecule has 0 aliphatic heterocycles. The van der Waals surface area contributed by atoms with Crippen molar-refractivity contribution in [1.82, 2.24) is 25.1 Å². The van der Waals surface area contributed by atoms with E-state index >= 15 is 0 Å². The Morgan fingerprint density at radius 1 is 1.07 bits per heavy atom. The number of carbonyl (C=O) groups is 2. The lowest BCUT2D eigenvalue weighted by Gasteiger charge is -2.18. The summed E-state index contributed by atoms with van der Waals surface area (Å²) in [5.74, 6) is -0.0930. The van der Waals surface area contributed by atoms with Gasteiger partial charge in [-0.2, -0.15) is 4.68 Å². The highest BCUT2D eigenvalue weighted by Crippen LogP contribution is 2.20. The maximum atomic E-state index is 12.3. The number of aromatic nitrogens is 4. The Labute approximate surface area is 183 Å². The van der Waals surface area contributed by atoms with E-state index in [0.717, 1.165) is 5.69 Å². The molecule has 3 aromatic rings. The largest absolute Gasteiger partial charge is 0.339 e. The number of benzene rings is 2. The SMILES string of the molecule is CCN(CC)C(=O)c1ccc(NC(=O)CSc2nnnn2-c2ccc(Cl)cc2)cc1. The predicted molar refractivity (Wildman–Crippen MR) is 117 cm³/mol. The summed E-state index contributed by atoms with van der Waals surface area (Å²) in [6.07, 6.45) is 0. The molecular formula is C20H21ClN6O2S. The molecule has 0 spiro atoms. The zero-order valence-corrected chi connectivity index (χ0v) is 18.2. The number of nitrogens with one attached hydrogen (secondary N) is 1. The molecule has 30 heavy (non-hydrogen) atoms. The molecule has 156 valence electrons. The van der Waals surface area contributed by atoms with E-state index in [9.17, 15) is 9.59 Å². The zero-order chi connectivity index (χ0) is 21.5. The molecule has 2 amide bonds. The molecule has 3 rings (SSSR count). The van der Waals surface area contributed by atoms with Crippen LogP contribution >= 0.6 is 23.4 Å². The van der Waals surface area contributed by atoms with E-state index in [2.05, 4.69) is 20.8 Å². The summed E-state index contributed by atoms with van der Waals surface area (Å²) < 4.78 is 1.54. The van der Waals surface area contributed by atoms with Crippen LogP contribution in [0.15, 0.2) is 53.7 Å². The minimum Gasteiger partial charge on any atom is -0.339 e. The predicted octanol–water partition coefficient (Wildman–Crippen LogP) is 3.53. The zero-order valence-electron chi connectivity index (χ0n) is 16.6. The van der Waals surface area contributed by atoms with Gasteiger partial charge in [0, 0.05) is 29.4 Å². The second-order valence-electron chi connectivity index (χ2n) is 6.24. The van der Waals surface area contributed by atoms with Crippen LogP contribution < -0.4 is 5.32 Å². The van der Waals surface area contributed by atoms with E-state index in [0.29, 0.717) is 34.5 Å². The van der Waals surface area contributed by atoms with Crippen LogP contribution in [0.5, 0.6) is 0 Å². The lowest BCUT2D eigenvalue weighted by Crippen LogP contribution is -2.30. The molecule has 0 saturated heterocycles. The van der Waals surface area contributed by atoms with Gasteiger partial charge in [0.15, 0.2) is 0 Å². The minimum atomic E-state index is -0.200. The highest BCUT2D eigenvalue weighted by molar-refractivity contribution is 7.99. The van der Waals surface area contributed by atoms with E-state index in [1.165, 1.54) is 11.8 Å². The number of amides is 2. The highest BCUT2D eigenvalue weighted by atomic mass is 35.5. The van der Waals surface area contributed by atoms with Crippen molar-refractivity contribution in [2.24, 2.45) is 0 Å². The lowest BCUT2D eigenvalue weighted by molar-refractivity contribution is -0.113. The third kappa shape index (κ3) is 5.37.